The van der Waals surface area contributed by atoms with E-state index in [0.29, 0.717) is 17.0 Å². The van der Waals surface area contributed by atoms with Crippen LogP contribution in [-0.2, 0) is 6.42 Å². The van der Waals surface area contributed by atoms with Crippen molar-refractivity contribution in [3.8, 4) is 17.0 Å². The number of fused-ring (bicyclic) bond motifs is 1. The Kier molecular flexibility index (Phi) is 5.27. The Bertz CT molecular complexity index is 1010. The molecule has 1 aliphatic heterocycles. The molecule has 156 valence electrons. The van der Waals surface area contributed by atoms with Crippen LogP contribution in [0.5, 0.6) is 5.75 Å². The van der Waals surface area contributed by atoms with Gasteiger partial charge < -0.3 is 10.5 Å². The van der Waals surface area contributed by atoms with E-state index >= 15 is 0 Å². The average Bonchev–Trinajstić information content (AvgIpc) is 3.30. The van der Waals surface area contributed by atoms with Crippen LogP contribution < -0.4 is 10.5 Å². The number of rotatable bonds is 4. The lowest BCUT2D eigenvalue weighted by molar-refractivity contribution is 0.0370. The highest BCUT2D eigenvalue weighted by molar-refractivity contribution is 5.67. The first-order valence-electron chi connectivity index (χ1n) is 10.7. The number of likely N-dealkylation sites (tertiary alicyclic amines) is 1. The van der Waals surface area contributed by atoms with Gasteiger partial charge in [-0.3, -0.25) is 10.00 Å². The summed E-state index contributed by atoms with van der Waals surface area (Å²) in [5.74, 6) is 0.347. The Labute approximate surface area is 176 Å². The molecule has 1 saturated heterocycles. The third kappa shape index (κ3) is 3.73. The van der Waals surface area contributed by atoms with Crippen molar-refractivity contribution in [2.24, 2.45) is 5.73 Å². The smallest absolute Gasteiger partial charge is 0.139 e. The highest BCUT2D eigenvalue weighted by atomic mass is 19.1. The minimum Gasteiger partial charge on any atom is -0.483 e. The SMILES string of the molecule is N[C@@H]1CCCN(C2CCc3ccccc3C2Oc2ccc(F)cc2-c2cc[nH]n2)C1. The molecule has 5 rings (SSSR count). The molecule has 3 N–H and O–H groups in total. The van der Waals surface area contributed by atoms with Crippen molar-refractivity contribution in [2.45, 2.75) is 43.9 Å². The summed E-state index contributed by atoms with van der Waals surface area (Å²) in [6.07, 6.45) is 5.84. The Hall–Kier alpha value is -2.70. The number of hydrogen-bond acceptors (Lipinski definition) is 4. The lowest BCUT2D eigenvalue weighted by atomic mass is 9.84. The van der Waals surface area contributed by atoms with Crippen molar-refractivity contribution in [3.05, 3.63) is 71.7 Å². The number of nitrogens with one attached hydrogen (secondary N) is 1. The number of nitrogens with zero attached hydrogens (tertiary/aromatic N) is 2. The molecule has 3 atom stereocenters. The number of H-pyrrole nitrogens is 1. The molecule has 1 aromatic heterocycles. The average molecular weight is 407 g/mol. The minimum atomic E-state index is -0.303. The molecule has 2 unspecified atom stereocenters. The number of aromatic nitrogens is 2. The van der Waals surface area contributed by atoms with Crippen LogP contribution in [0.25, 0.3) is 11.3 Å². The number of nitrogens with two attached hydrogens (primary N) is 1. The van der Waals surface area contributed by atoms with Gasteiger partial charge in [-0.1, -0.05) is 24.3 Å². The van der Waals surface area contributed by atoms with E-state index in [1.54, 1.807) is 12.3 Å². The monoisotopic (exact) mass is 406 g/mol. The van der Waals surface area contributed by atoms with Gasteiger partial charge in [-0.2, -0.15) is 5.10 Å². The first-order chi connectivity index (χ1) is 14.7. The van der Waals surface area contributed by atoms with Crippen molar-refractivity contribution in [1.29, 1.82) is 0 Å². The van der Waals surface area contributed by atoms with E-state index in [0.717, 1.165) is 38.8 Å². The molecule has 0 spiro atoms. The van der Waals surface area contributed by atoms with Gasteiger partial charge in [0.25, 0.3) is 0 Å². The lowest BCUT2D eigenvalue weighted by Gasteiger charge is -2.43. The largest absolute Gasteiger partial charge is 0.483 e. The number of aryl methyl sites for hydroxylation is 1. The van der Waals surface area contributed by atoms with Gasteiger partial charge in [-0.05, 0) is 67.6 Å². The van der Waals surface area contributed by atoms with Crippen LogP contribution in [0.15, 0.2) is 54.7 Å². The number of aromatic amines is 1. The summed E-state index contributed by atoms with van der Waals surface area (Å²) in [6, 6.07) is 15.4. The van der Waals surface area contributed by atoms with E-state index in [1.165, 1.54) is 23.3 Å². The van der Waals surface area contributed by atoms with Gasteiger partial charge in [0.2, 0.25) is 0 Å². The molecule has 2 aromatic carbocycles. The van der Waals surface area contributed by atoms with E-state index in [-0.39, 0.29) is 24.0 Å². The van der Waals surface area contributed by atoms with Gasteiger partial charge in [-0.15, -0.1) is 0 Å². The summed E-state index contributed by atoms with van der Waals surface area (Å²) in [4.78, 5) is 2.49. The summed E-state index contributed by atoms with van der Waals surface area (Å²) >= 11 is 0. The molecule has 0 saturated carbocycles. The molecule has 30 heavy (non-hydrogen) atoms. The van der Waals surface area contributed by atoms with Crippen molar-refractivity contribution in [2.75, 3.05) is 13.1 Å². The fourth-order valence-electron chi connectivity index (χ4n) is 4.91. The molecule has 1 aliphatic carbocycles. The second-order valence-electron chi connectivity index (χ2n) is 8.34. The molecule has 6 heteroatoms. The summed E-state index contributed by atoms with van der Waals surface area (Å²) in [6.45, 7) is 1.93. The molecule has 1 fully saturated rings. The number of ether oxygens (including phenoxy) is 1. The van der Waals surface area contributed by atoms with Crippen LogP contribution in [0.2, 0.25) is 0 Å². The second kappa shape index (κ2) is 8.20. The van der Waals surface area contributed by atoms with E-state index in [1.807, 2.05) is 6.07 Å². The van der Waals surface area contributed by atoms with Crippen molar-refractivity contribution >= 4 is 0 Å². The topological polar surface area (TPSA) is 67.2 Å². The summed E-state index contributed by atoms with van der Waals surface area (Å²) in [5.41, 5.74) is 10.2. The lowest BCUT2D eigenvalue weighted by Crippen LogP contribution is -2.51. The Morgan fingerprint density at radius 1 is 1.13 bits per heavy atom. The minimum absolute atomic E-state index is 0.136. The van der Waals surface area contributed by atoms with Gasteiger partial charge in [0.05, 0.1) is 11.7 Å². The fourth-order valence-corrected chi connectivity index (χ4v) is 4.91. The summed E-state index contributed by atoms with van der Waals surface area (Å²) in [5, 5.41) is 7.06. The molecule has 5 nitrogen and oxygen atoms in total. The van der Waals surface area contributed by atoms with E-state index in [9.17, 15) is 4.39 Å². The maximum Gasteiger partial charge on any atom is 0.139 e. The molecule has 0 amide bonds. The zero-order valence-corrected chi connectivity index (χ0v) is 16.9. The van der Waals surface area contributed by atoms with Crippen molar-refractivity contribution < 1.29 is 9.13 Å². The standard InChI is InChI=1S/C24H27FN4O/c25-17-8-10-23(20(14-17)21-11-12-27-28-21)30-24-19-6-2-1-4-16(19)7-9-22(24)29-13-3-5-18(26)15-29/h1-2,4,6,8,10-12,14,18,22,24H,3,5,7,9,13,15,26H2,(H,27,28)/t18-,22?,24?/m1/s1. The van der Waals surface area contributed by atoms with Crippen LogP contribution in [0, 0.1) is 5.82 Å². The third-order valence-electron chi connectivity index (χ3n) is 6.35. The van der Waals surface area contributed by atoms with E-state index in [2.05, 4.69) is 39.4 Å². The normalized spacial score (nSPS) is 24.4. The maximum atomic E-state index is 14.1. The number of piperidine rings is 1. The quantitative estimate of drug-likeness (QED) is 0.685. The van der Waals surface area contributed by atoms with Gasteiger partial charge in [-0.25, -0.2) is 4.39 Å². The molecule has 2 aliphatic rings. The van der Waals surface area contributed by atoms with Gasteiger partial charge in [0, 0.05) is 24.3 Å². The number of halogens is 1. The summed E-state index contributed by atoms with van der Waals surface area (Å²) < 4.78 is 20.7. The molecular formula is C24H27FN4O. The predicted molar refractivity (Wildman–Crippen MR) is 115 cm³/mol. The second-order valence-corrected chi connectivity index (χ2v) is 8.34. The molecule has 0 radical (unpaired) electrons. The molecule has 0 bridgehead atoms. The summed E-state index contributed by atoms with van der Waals surface area (Å²) in [7, 11) is 0. The highest BCUT2D eigenvalue weighted by Crippen LogP contribution is 2.40. The Morgan fingerprint density at radius 2 is 2.03 bits per heavy atom. The van der Waals surface area contributed by atoms with Crippen LogP contribution >= 0.6 is 0 Å². The molecule has 2 heterocycles. The predicted octanol–water partition coefficient (Wildman–Crippen LogP) is 4.07. The highest BCUT2D eigenvalue weighted by Gasteiger charge is 2.37. The maximum absolute atomic E-state index is 14.1. The number of hydrogen-bond donors (Lipinski definition) is 2. The van der Waals surface area contributed by atoms with E-state index < -0.39 is 0 Å². The molecular weight excluding hydrogens is 379 g/mol. The number of benzene rings is 2. The molecule has 3 aromatic rings. The van der Waals surface area contributed by atoms with Crippen molar-refractivity contribution in [3.63, 3.8) is 0 Å². The van der Waals surface area contributed by atoms with Gasteiger partial charge in [0.15, 0.2) is 0 Å². The van der Waals surface area contributed by atoms with Crippen LogP contribution in [-0.4, -0.2) is 40.3 Å². The van der Waals surface area contributed by atoms with Gasteiger partial charge >= 0.3 is 0 Å². The zero-order valence-electron chi connectivity index (χ0n) is 16.9. The fraction of sp³-hybridized carbons (Fsp3) is 0.375. The first kappa shape index (κ1) is 19.3. The third-order valence-corrected chi connectivity index (χ3v) is 6.35. The van der Waals surface area contributed by atoms with E-state index in [4.69, 9.17) is 10.5 Å². The Morgan fingerprint density at radius 3 is 2.87 bits per heavy atom. The Balaban J connectivity index is 1.53. The first-order valence-corrected chi connectivity index (χ1v) is 10.7. The van der Waals surface area contributed by atoms with Crippen LogP contribution in [0.4, 0.5) is 4.39 Å². The van der Waals surface area contributed by atoms with Gasteiger partial charge in [0.1, 0.15) is 17.7 Å². The zero-order chi connectivity index (χ0) is 20.5. The van der Waals surface area contributed by atoms with Crippen LogP contribution in [0.1, 0.15) is 36.5 Å². The van der Waals surface area contributed by atoms with Crippen molar-refractivity contribution in [1.82, 2.24) is 15.1 Å². The van der Waals surface area contributed by atoms with Crippen LogP contribution in [0.3, 0.4) is 0 Å².